The van der Waals surface area contributed by atoms with E-state index in [1.54, 1.807) is 11.6 Å². The van der Waals surface area contributed by atoms with Crippen molar-refractivity contribution in [3.8, 4) is 0 Å². The first-order valence-corrected chi connectivity index (χ1v) is 8.52. The summed E-state index contributed by atoms with van der Waals surface area (Å²) < 4.78 is 25.4. The molecule has 3 aromatic rings. The molecule has 0 aliphatic carbocycles. The first-order valence-electron chi connectivity index (χ1n) is 8.52. The van der Waals surface area contributed by atoms with Gasteiger partial charge in [-0.05, 0) is 43.2 Å². The lowest BCUT2D eigenvalue weighted by atomic mass is 10.3. The molecule has 1 aliphatic heterocycles. The fraction of sp³-hybridized carbons (Fsp3) is 0.278. The summed E-state index contributed by atoms with van der Waals surface area (Å²) in [7, 11) is 1.70. The van der Waals surface area contributed by atoms with Gasteiger partial charge < -0.3 is 16.0 Å². The highest BCUT2D eigenvalue weighted by Gasteiger charge is 2.20. The second kappa shape index (κ2) is 7.98. The number of nitrogens with one attached hydrogen (secondary N) is 1. The molecule has 27 heavy (non-hydrogen) atoms. The Hall–Kier alpha value is -3.23. The maximum Gasteiger partial charge on any atom is 0.256 e. The number of hydrogen-bond acceptors (Lipinski definition) is 5. The van der Waals surface area contributed by atoms with Crippen molar-refractivity contribution in [2.24, 2.45) is 5.73 Å². The number of nitrogens with zero attached hydrogens (tertiary/aromatic N) is 4. The summed E-state index contributed by atoms with van der Waals surface area (Å²) in [5, 5.41) is 7.11. The average Bonchev–Trinajstić information content (AvgIpc) is 3.31. The van der Waals surface area contributed by atoms with Gasteiger partial charge in [0.05, 0.1) is 0 Å². The molecule has 0 unspecified atom stereocenters. The highest BCUT2D eigenvalue weighted by Crippen LogP contribution is 2.22. The maximum absolute atomic E-state index is 11.9. The fourth-order valence-corrected chi connectivity index (χ4v) is 2.87. The van der Waals surface area contributed by atoms with Crippen LogP contribution in [0.5, 0.6) is 0 Å². The van der Waals surface area contributed by atoms with Gasteiger partial charge in [-0.15, -0.1) is 5.10 Å². The van der Waals surface area contributed by atoms with Crippen molar-refractivity contribution < 1.29 is 13.6 Å². The molecule has 3 heterocycles. The lowest BCUT2D eigenvalue weighted by molar-refractivity contribution is 0.100. The molecular formula is C18H20F2N6O. The minimum absolute atomic E-state index is 0.337. The zero-order chi connectivity index (χ0) is 19.4. The zero-order valence-electron chi connectivity index (χ0n) is 14.8. The van der Waals surface area contributed by atoms with Gasteiger partial charge in [-0.3, -0.25) is 4.79 Å². The van der Waals surface area contributed by atoms with Crippen LogP contribution in [0.15, 0.2) is 36.5 Å². The van der Waals surface area contributed by atoms with E-state index in [4.69, 9.17) is 5.73 Å². The Morgan fingerprint density at radius 2 is 1.70 bits per heavy atom. The molecule has 0 spiro atoms. The zero-order valence-corrected chi connectivity index (χ0v) is 14.8. The van der Waals surface area contributed by atoms with E-state index in [1.165, 1.54) is 12.8 Å². The number of halogens is 2. The summed E-state index contributed by atoms with van der Waals surface area (Å²) in [4.78, 5) is 18.3. The normalized spacial score (nSPS) is 13.4. The predicted octanol–water partition coefficient (Wildman–Crippen LogP) is 2.43. The Balaban J connectivity index is 0.000000221. The molecule has 0 atom stereocenters. The minimum atomic E-state index is -0.523. The van der Waals surface area contributed by atoms with Gasteiger partial charge in [0.2, 0.25) is 0 Å². The number of hydrogen-bond donors (Lipinski definition) is 2. The number of benzene rings is 1. The number of nitrogens with two attached hydrogens (primary N) is 1. The smallest absolute Gasteiger partial charge is 0.256 e. The van der Waals surface area contributed by atoms with Gasteiger partial charge in [0.1, 0.15) is 23.0 Å². The molecular weight excluding hydrogens is 354 g/mol. The number of amides is 1. The third-order valence-electron chi connectivity index (χ3n) is 4.19. The van der Waals surface area contributed by atoms with E-state index in [-0.39, 0.29) is 0 Å². The van der Waals surface area contributed by atoms with Crippen LogP contribution in [-0.4, -0.2) is 40.6 Å². The van der Waals surface area contributed by atoms with Crippen LogP contribution in [0.3, 0.4) is 0 Å². The molecule has 0 bridgehead atoms. The van der Waals surface area contributed by atoms with E-state index < -0.39 is 17.5 Å². The predicted molar refractivity (Wildman–Crippen MR) is 98.9 cm³/mol. The lowest BCUT2D eigenvalue weighted by Crippen LogP contribution is -2.19. The summed E-state index contributed by atoms with van der Waals surface area (Å²) in [5.74, 6) is -0.0168. The van der Waals surface area contributed by atoms with E-state index >= 15 is 0 Å². The van der Waals surface area contributed by atoms with Crippen molar-refractivity contribution in [3.63, 3.8) is 0 Å². The van der Waals surface area contributed by atoms with Crippen molar-refractivity contribution in [2.45, 2.75) is 12.8 Å². The number of carbonyl (C=O) groups excluding carboxylic acids is 1. The number of rotatable bonds is 3. The van der Waals surface area contributed by atoms with Gasteiger partial charge in [-0.2, -0.15) is 0 Å². The van der Waals surface area contributed by atoms with Crippen LogP contribution >= 0.6 is 0 Å². The highest BCUT2D eigenvalue weighted by atomic mass is 19.1. The summed E-state index contributed by atoms with van der Waals surface area (Å²) in [6.45, 7) is 2.00. The second-order valence-electron chi connectivity index (χ2n) is 6.02. The van der Waals surface area contributed by atoms with Gasteiger partial charge in [0.25, 0.3) is 5.91 Å². The Bertz CT molecular complexity index is 914. The van der Waals surface area contributed by atoms with Gasteiger partial charge in [0.15, 0.2) is 11.5 Å². The first-order chi connectivity index (χ1) is 13.0. The number of fused-ring (bicyclic) bond motifs is 1. The van der Waals surface area contributed by atoms with Crippen molar-refractivity contribution in [2.75, 3.05) is 30.4 Å². The molecule has 142 valence electrons. The lowest BCUT2D eigenvalue weighted by Gasteiger charge is -2.15. The van der Waals surface area contributed by atoms with Gasteiger partial charge in [0, 0.05) is 26.3 Å². The van der Waals surface area contributed by atoms with Crippen molar-refractivity contribution in [1.82, 2.24) is 14.6 Å². The summed E-state index contributed by atoms with van der Waals surface area (Å²) >= 11 is 0. The van der Waals surface area contributed by atoms with Crippen LogP contribution in [-0.2, 0) is 0 Å². The molecule has 1 fully saturated rings. The molecule has 1 aromatic carbocycles. The summed E-state index contributed by atoms with van der Waals surface area (Å²) in [6, 6.07) is 6.23. The Labute approximate surface area is 154 Å². The van der Waals surface area contributed by atoms with E-state index in [9.17, 15) is 13.6 Å². The van der Waals surface area contributed by atoms with E-state index in [1.807, 2.05) is 12.3 Å². The molecule has 1 aliphatic rings. The Morgan fingerprint density at radius 3 is 2.22 bits per heavy atom. The van der Waals surface area contributed by atoms with E-state index in [0.29, 0.717) is 17.0 Å². The fourth-order valence-electron chi connectivity index (χ4n) is 2.87. The van der Waals surface area contributed by atoms with E-state index in [2.05, 4.69) is 20.3 Å². The third kappa shape index (κ3) is 4.13. The van der Waals surface area contributed by atoms with Crippen molar-refractivity contribution >= 4 is 23.2 Å². The molecule has 7 nitrogen and oxygen atoms in total. The highest BCUT2D eigenvalue weighted by molar-refractivity contribution is 6.03. The molecule has 0 radical (unpaired) electrons. The molecule has 2 aromatic heterocycles. The molecule has 0 saturated carbocycles. The largest absolute Gasteiger partial charge is 0.371 e. The number of carbonyl (C=O) groups is 1. The Morgan fingerprint density at radius 1 is 1.11 bits per heavy atom. The monoisotopic (exact) mass is 374 g/mol. The molecule has 3 N–H and O–H groups in total. The molecule has 1 saturated heterocycles. The van der Waals surface area contributed by atoms with Gasteiger partial charge >= 0.3 is 0 Å². The Kier molecular flexibility index (Phi) is 5.49. The van der Waals surface area contributed by atoms with E-state index in [0.717, 1.165) is 43.2 Å². The van der Waals surface area contributed by atoms with Gasteiger partial charge in [-0.25, -0.2) is 18.3 Å². The van der Waals surface area contributed by atoms with Crippen molar-refractivity contribution in [1.29, 1.82) is 0 Å². The summed E-state index contributed by atoms with van der Waals surface area (Å²) in [6.07, 6.45) is 4.16. The molecule has 4 rings (SSSR count). The van der Waals surface area contributed by atoms with Crippen LogP contribution in [0.1, 0.15) is 23.2 Å². The van der Waals surface area contributed by atoms with Gasteiger partial charge in [-0.1, -0.05) is 0 Å². The second-order valence-corrected chi connectivity index (χ2v) is 6.02. The molecule has 1 amide bonds. The SMILES string of the molecule is CNc1nn2ccc(N3CCCC3)nc2c1C(N)=O.Fc1ccc(F)cc1. The van der Waals surface area contributed by atoms with Crippen molar-refractivity contribution in [3.05, 3.63) is 53.7 Å². The van der Waals surface area contributed by atoms with Crippen LogP contribution < -0.4 is 16.0 Å². The standard InChI is InChI=1S/C12H16N6O.C6H4F2/c1-14-11-9(10(13)19)12-15-8(4-7-18(12)16-11)17-5-2-3-6-17;7-5-1-2-6(8)4-3-5/h4,7H,2-3,5-6H2,1H3,(H2,13,19)(H,14,16);1-4H. The van der Waals surface area contributed by atoms with Crippen LogP contribution in [0.2, 0.25) is 0 Å². The van der Waals surface area contributed by atoms with Crippen LogP contribution in [0, 0.1) is 11.6 Å². The maximum atomic E-state index is 11.9. The number of anilines is 2. The first kappa shape index (κ1) is 18.6. The minimum Gasteiger partial charge on any atom is -0.371 e. The molecule has 9 heteroatoms. The van der Waals surface area contributed by atoms with Crippen LogP contribution in [0.25, 0.3) is 5.65 Å². The number of aromatic nitrogens is 3. The topological polar surface area (TPSA) is 88.6 Å². The summed E-state index contributed by atoms with van der Waals surface area (Å²) in [5.41, 5.74) is 6.26. The number of primary amides is 1. The van der Waals surface area contributed by atoms with Crippen LogP contribution in [0.4, 0.5) is 20.4 Å². The average molecular weight is 374 g/mol. The third-order valence-corrected chi connectivity index (χ3v) is 4.19. The quantitative estimate of drug-likeness (QED) is 0.735.